The van der Waals surface area contributed by atoms with Crippen LogP contribution in [0.1, 0.15) is 16.1 Å². The zero-order valence-corrected chi connectivity index (χ0v) is 13.4. The number of amides is 1. The van der Waals surface area contributed by atoms with Crippen LogP contribution in [0.25, 0.3) is 10.9 Å². The Labute approximate surface area is 133 Å². The molecule has 0 bridgehead atoms. The molecular formula is C18H18N2OS. The number of fused-ring (bicyclic) bond motifs is 2. The van der Waals surface area contributed by atoms with E-state index in [1.807, 2.05) is 17.0 Å². The molecular weight excluding hydrogens is 292 g/mol. The number of hydrogen-bond donors (Lipinski definition) is 0. The zero-order chi connectivity index (χ0) is 15.1. The third-order valence-corrected chi connectivity index (χ3v) is 5.49. The molecule has 0 unspecified atom stereocenters. The van der Waals surface area contributed by atoms with Crippen molar-refractivity contribution >= 4 is 28.1 Å². The van der Waals surface area contributed by atoms with Crippen LogP contribution < -0.4 is 0 Å². The van der Waals surface area contributed by atoms with E-state index in [0.717, 1.165) is 30.7 Å². The number of rotatable bonds is 2. The Hall–Kier alpha value is -2.07. The van der Waals surface area contributed by atoms with Crippen LogP contribution in [-0.2, 0) is 24.3 Å². The van der Waals surface area contributed by atoms with Crippen LogP contribution in [0.5, 0.6) is 0 Å². The van der Waals surface area contributed by atoms with E-state index in [-0.39, 0.29) is 5.91 Å². The van der Waals surface area contributed by atoms with Gasteiger partial charge in [-0.2, -0.15) is 0 Å². The molecule has 112 valence electrons. The molecule has 2 aromatic heterocycles. The fourth-order valence-corrected chi connectivity index (χ4v) is 4.14. The average molecular weight is 310 g/mol. The van der Waals surface area contributed by atoms with Gasteiger partial charge in [-0.05, 0) is 47.9 Å². The average Bonchev–Trinajstić information content (AvgIpc) is 3.11. The fourth-order valence-electron chi connectivity index (χ4n) is 3.25. The molecule has 3 heterocycles. The topological polar surface area (TPSA) is 25.2 Å². The molecule has 0 saturated carbocycles. The van der Waals surface area contributed by atoms with Crippen LogP contribution in [0.15, 0.2) is 41.8 Å². The lowest BCUT2D eigenvalue weighted by Gasteiger charge is -2.27. The Bertz CT molecular complexity index is 846. The van der Waals surface area contributed by atoms with Crippen molar-refractivity contribution in [3.63, 3.8) is 0 Å². The summed E-state index contributed by atoms with van der Waals surface area (Å²) in [4.78, 5) is 16.1. The third-order valence-electron chi connectivity index (χ3n) is 4.47. The van der Waals surface area contributed by atoms with Gasteiger partial charge in [0, 0.05) is 29.2 Å². The molecule has 0 radical (unpaired) electrons. The summed E-state index contributed by atoms with van der Waals surface area (Å²) >= 11 is 1.81. The van der Waals surface area contributed by atoms with E-state index in [4.69, 9.17) is 0 Å². The van der Waals surface area contributed by atoms with E-state index >= 15 is 0 Å². The van der Waals surface area contributed by atoms with Crippen LogP contribution in [0.4, 0.5) is 0 Å². The van der Waals surface area contributed by atoms with Gasteiger partial charge in [-0.25, -0.2) is 0 Å². The first-order valence-electron chi connectivity index (χ1n) is 7.60. The predicted molar refractivity (Wildman–Crippen MR) is 90.1 cm³/mol. The van der Waals surface area contributed by atoms with Gasteiger partial charge in [0.2, 0.25) is 5.91 Å². The summed E-state index contributed by atoms with van der Waals surface area (Å²) in [5.74, 6) is 0.210. The Kier molecular flexibility index (Phi) is 3.26. The van der Waals surface area contributed by atoms with E-state index in [1.54, 1.807) is 11.3 Å². The minimum atomic E-state index is 0.210. The van der Waals surface area contributed by atoms with Crippen molar-refractivity contribution in [3.05, 3.63) is 57.9 Å². The van der Waals surface area contributed by atoms with Gasteiger partial charge in [0.1, 0.15) is 6.54 Å². The number of carbonyl (C=O) groups is 1. The molecule has 0 saturated heterocycles. The maximum Gasteiger partial charge on any atom is 0.242 e. The van der Waals surface area contributed by atoms with Gasteiger partial charge in [0.25, 0.3) is 0 Å². The Balaban J connectivity index is 1.58. The van der Waals surface area contributed by atoms with Crippen LogP contribution >= 0.6 is 11.3 Å². The quantitative estimate of drug-likeness (QED) is 0.710. The molecule has 0 aliphatic carbocycles. The molecule has 0 fully saturated rings. The van der Waals surface area contributed by atoms with E-state index in [2.05, 4.69) is 41.1 Å². The lowest BCUT2D eigenvalue weighted by Crippen LogP contribution is -2.37. The number of thiophene rings is 1. The first-order chi connectivity index (χ1) is 10.7. The van der Waals surface area contributed by atoms with Crippen molar-refractivity contribution in [2.45, 2.75) is 26.4 Å². The number of aryl methyl sites for hydroxylation is 1. The molecule has 22 heavy (non-hydrogen) atoms. The molecule has 1 aliphatic rings. The summed E-state index contributed by atoms with van der Waals surface area (Å²) in [6.07, 6.45) is 0.990. The van der Waals surface area contributed by atoms with Crippen molar-refractivity contribution in [3.8, 4) is 0 Å². The van der Waals surface area contributed by atoms with Crippen molar-refractivity contribution in [2.24, 2.45) is 0 Å². The van der Waals surface area contributed by atoms with Gasteiger partial charge in [0.05, 0.1) is 0 Å². The Morgan fingerprint density at radius 2 is 2.14 bits per heavy atom. The minimum Gasteiger partial charge on any atom is -0.336 e. The molecule has 4 heteroatoms. The SMILES string of the molecule is Cc1cc2ccccc2n1CC(=O)N1CCc2sccc2C1. The third kappa shape index (κ3) is 2.24. The standard InChI is InChI=1S/C18H18N2OS/c1-13-10-14-4-2-3-5-16(14)20(13)12-18(21)19-8-6-17-15(11-19)7-9-22-17/h2-5,7,9-10H,6,8,11-12H2,1H3. The van der Waals surface area contributed by atoms with Crippen molar-refractivity contribution in [1.29, 1.82) is 0 Å². The molecule has 0 N–H and O–H groups in total. The summed E-state index contributed by atoms with van der Waals surface area (Å²) in [5, 5.41) is 3.33. The first kappa shape index (κ1) is 13.6. The van der Waals surface area contributed by atoms with Gasteiger partial charge >= 0.3 is 0 Å². The molecule has 3 nitrogen and oxygen atoms in total. The molecule has 1 aromatic carbocycles. The van der Waals surface area contributed by atoms with Crippen LogP contribution in [-0.4, -0.2) is 21.9 Å². The van der Waals surface area contributed by atoms with Crippen LogP contribution in [0.3, 0.4) is 0 Å². The molecule has 1 aliphatic heterocycles. The number of nitrogens with zero attached hydrogens (tertiary/aromatic N) is 2. The van der Waals surface area contributed by atoms with E-state index < -0.39 is 0 Å². The lowest BCUT2D eigenvalue weighted by atomic mass is 10.1. The fraction of sp³-hybridized carbons (Fsp3) is 0.278. The zero-order valence-electron chi connectivity index (χ0n) is 12.6. The van der Waals surface area contributed by atoms with Crippen LogP contribution in [0, 0.1) is 6.92 Å². The largest absolute Gasteiger partial charge is 0.336 e. The van der Waals surface area contributed by atoms with Gasteiger partial charge in [-0.3, -0.25) is 4.79 Å². The smallest absolute Gasteiger partial charge is 0.242 e. The second kappa shape index (κ2) is 5.29. The van der Waals surface area contributed by atoms with Crippen molar-refractivity contribution in [1.82, 2.24) is 9.47 Å². The predicted octanol–water partition coefficient (Wildman–Crippen LogP) is 3.60. The van der Waals surface area contributed by atoms with E-state index in [0.29, 0.717) is 6.54 Å². The molecule has 3 aromatic rings. The van der Waals surface area contributed by atoms with Gasteiger partial charge < -0.3 is 9.47 Å². The van der Waals surface area contributed by atoms with Crippen molar-refractivity contribution < 1.29 is 4.79 Å². The lowest BCUT2D eigenvalue weighted by molar-refractivity contribution is -0.132. The molecule has 4 rings (SSSR count). The normalized spacial score (nSPS) is 14.3. The van der Waals surface area contributed by atoms with Crippen LogP contribution in [0.2, 0.25) is 0 Å². The summed E-state index contributed by atoms with van der Waals surface area (Å²) in [6, 6.07) is 12.5. The minimum absolute atomic E-state index is 0.210. The first-order valence-corrected chi connectivity index (χ1v) is 8.48. The number of hydrogen-bond acceptors (Lipinski definition) is 2. The van der Waals surface area contributed by atoms with E-state index in [9.17, 15) is 4.79 Å². The van der Waals surface area contributed by atoms with Gasteiger partial charge in [0.15, 0.2) is 0 Å². The number of aromatic nitrogens is 1. The molecule has 1 amide bonds. The highest BCUT2D eigenvalue weighted by atomic mass is 32.1. The second-order valence-electron chi connectivity index (χ2n) is 5.86. The number of carbonyl (C=O) groups excluding carboxylic acids is 1. The highest BCUT2D eigenvalue weighted by Gasteiger charge is 2.22. The maximum atomic E-state index is 12.7. The Morgan fingerprint density at radius 3 is 3.05 bits per heavy atom. The molecule has 0 atom stereocenters. The van der Waals surface area contributed by atoms with Crippen molar-refractivity contribution in [2.75, 3.05) is 6.54 Å². The summed E-state index contributed by atoms with van der Waals surface area (Å²) < 4.78 is 2.13. The molecule has 0 spiro atoms. The maximum absolute atomic E-state index is 12.7. The summed E-state index contributed by atoms with van der Waals surface area (Å²) in [6.45, 7) is 4.10. The summed E-state index contributed by atoms with van der Waals surface area (Å²) in [5.41, 5.74) is 3.60. The van der Waals surface area contributed by atoms with Gasteiger partial charge in [-0.1, -0.05) is 18.2 Å². The number of benzene rings is 1. The highest BCUT2D eigenvalue weighted by Crippen LogP contribution is 2.25. The second-order valence-corrected chi connectivity index (χ2v) is 6.87. The highest BCUT2D eigenvalue weighted by molar-refractivity contribution is 7.10. The van der Waals surface area contributed by atoms with Gasteiger partial charge in [-0.15, -0.1) is 11.3 Å². The van der Waals surface area contributed by atoms with E-state index in [1.165, 1.54) is 15.8 Å². The monoisotopic (exact) mass is 310 g/mol. The Morgan fingerprint density at radius 1 is 1.27 bits per heavy atom. The summed E-state index contributed by atoms with van der Waals surface area (Å²) in [7, 11) is 0. The number of para-hydroxylation sites is 1.